The van der Waals surface area contributed by atoms with Crippen molar-refractivity contribution in [2.45, 2.75) is 24.9 Å². The molecule has 3 aromatic rings. The minimum atomic E-state index is -0.976. The summed E-state index contributed by atoms with van der Waals surface area (Å²) in [4.78, 5) is 31.2. The van der Waals surface area contributed by atoms with Crippen LogP contribution in [0, 0.1) is 0 Å². The van der Waals surface area contributed by atoms with E-state index in [2.05, 4.69) is 10.3 Å². The molecule has 1 spiro atoms. The summed E-state index contributed by atoms with van der Waals surface area (Å²) >= 11 is 6.02. The lowest BCUT2D eigenvalue weighted by atomic mass is 9.92. The number of carbonyl (C=O) groups excluding carboxylic acids is 2. The Morgan fingerprint density at radius 1 is 1.18 bits per heavy atom. The van der Waals surface area contributed by atoms with Gasteiger partial charge < -0.3 is 9.73 Å². The number of oxazole rings is 1. The van der Waals surface area contributed by atoms with Crippen LogP contribution in [0.15, 0.2) is 59.1 Å². The number of aryl methyl sites for hydroxylation is 1. The van der Waals surface area contributed by atoms with E-state index in [9.17, 15) is 9.59 Å². The van der Waals surface area contributed by atoms with Gasteiger partial charge in [-0.2, -0.15) is 0 Å². The Balaban J connectivity index is 1.41. The first kappa shape index (κ1) is 17.0. The van der Waals surface area contributed by atoms with Gasteiger partial charge in [0.25, 0.3) is 5.91 Å². The van der Waals surface area contributed by atoms with Gasteiger partial charge in [0, 0.05) is 10.6 Å². The molecule has 28 heavy (non-hydrogen) atoms. The van der Waals surface area contributed by atoms with E-state index in [1.165, 1.54) is 4.90 Å². The van der Waals surface area contributed by atoms with Crippen LogP contribution >= 0.6 is 11.6 Å². The Labute approximate surface area is 166 Å². The zero-order valence-electron chi connectivity index (χ0n) is 14.8. The summed E-state index contributed by atoms with van der Waals surface area (Å²) in [5.74, 6) is 0.567. The molecule has 140 valence electrons. The number of nitrogens with one attached hydrogen (secondary N) is 1. The highest BCUT2D eigenvalue weighted by atomic mass is 35.5. The smallest absolute Gasteiger partial charge is 0.325 e. The molecule has 2 aliphatic rings. The number of fused-ring (bicyclic) bond motifs is 2. The number of imide groups is 1. The molecule has 0 bridgehead atoms. The predicted octanol–water partition coefficient (Wildman–Crippen LogP) is 3.89. The second-order valence-corrected chi connectivity index (χ2v) is 7.45. The number of hydrogen-bond donors (Lipinski definition) is 1. The molecule has 0 saturated carbocycles. The van der Waals surface area contributed by atoms with Gasteiger partial charge in [-0.15, -0.1) is 0 Å². The zero-order valence-corrected chi connectivity index (χ0v) is 15.6. The Hall–Kier alpha value is -3.12. The Morgan fingerprint density at radius 3 is 2.89 bits per heavy atom. The van der Waals surface area contributed by atoms with E-state index in [-0.39, 0.29) is 12.5 Å². The number of carbonyl (C=O) groups is 2. The van der Waals surface area contributed by atoms with Crippen molar-refractivity contribution in [3.05, 3.63) is 76.8 Å². The number of urea groups is 1. The van der Waals surface area contributed by atoms with Crippen molar-refractivity contribution < 1.29 is 14.0 Å². The van der Waals surface area contributed by atoms with Crippen molar-refractivity contribution >= 4 is 23.5 Å². The van der Waals surface area contributed by atoms with E-state index < -0.39 is 11.6 Å². The maximum Gasteiger partial charge on any atom is 0.325 e. The van der Waals surface area contributed by atoms with Gasteiger partial charge in [0.2, 0.25) is 5.89 Å². The zero-order chi connectivity index (χ0) is 19.3. The average molecular weight is 394 g/mol. The highest BCUT2D eigenvalue weighted by Crippen LogP contribution is 2.41. The third-order valence-corrected chi connectivity index (χ3v) is 5.61. The van der Waals surface area contributed by atoms with Gasteiger partial charge in [0.1, 0.15) is 12.1 Å². The van der Waals surface area contributed by atoms with Gasteiger partial charge in [0.15, 0.2) is 5.76 Å². The predicted molar refractivity (Wildman–Crippen MR) is 102 cm³/mol. The molecule has 1 atom stereocenters. The fourth-order valence-electron chi connectivity index (χ4n) is 4.03. The number of hydrogen-bond acceptors (Lipinski definition) is 4. The maximum absolute atomic E-state index is 13.2. The SMILES string of the molecule is O=C1NC2(CCc3ccccc32)C(=O)N1Cc1ncc(-c2cccc(Cl)c2)o1. The van der Waals surface area contributed by atoms with Gasteiger partial charge >= 0.3 is 6.03 Å². The first-order valence-electron chi connectivity index (χ1n) is 9.00. The summed E-state index contributed by atoms with van der Waals surface area (Å²) in [6, 6.07) is 14.5. The molecule has 1 unspecified atom stereocenters. The fourth-order valence-corrected chi connectivity index (χ4v) is 4.22. The van der Waals surface area contributed by atoms with Gasteiger partial charge in [-0.3, -0.25) is 9.69 Å². The van der Waals surface area contributed by atoms with Gasteiger partial charge in [-0.05, 0) is 36.1 Å². The summed E-state index contributed by atoms with van der Waals surface area (Å²) in [6.07, 6.45) is 2.89. The van der Waals surface area contributed by atoms with E-state index in [1.54, 1.807) is 18.3 Å². The molecular formula is C21H16ClN3O3. The second-order valence-electron chi connectivity index (χ2n) is 7.01. The highest BCUT2D eigenvalue weighted by Gasteiger charge is 2.55. The van der Waals surface area contributed by atoms with Crippen molar-refractivity contribution in [2.75, 3.05) is 0 Å². The monoisotopic (exact) mass is 393 g/mol. The number of benzene rings is 2. The summed E-state index contributed by atoms with van der Waals surface area (Å²) in [5.41, 5.74) is 1.78. The summed E-state index contributed by atoms with van der Waals surface area (Å²) in [7, 11) is 0. The van der Waals surface area contributed by atoms with Crippen molar-refractivity contribution in [3.63, 3.8) is 0 Å². The van der Waals surface area contributed by atoms with Crippen LogP contribution in [-0.2, 0) is 23.3 Å². The lowest BCUT2D eigenvalue weighted by Gasteiger charge is -2.22. The van der Waals surface area contributed by atoms with Crippen LogP contribution in [0.2, 0.25) is 5.02 Å². The normalized spacial score (nSPS) is 20.7. The second kappa shape index (κ2) is 6.21. The van der Waals surface area contributed by atoms with E-state index in [4.69, 9.17) is 16.0 Å². The lowest BCUT2D eigenvalue weighted by Crippen LogP contribution is -2.41. The van der Waals surface area contributed by atoms with Gasteiger partial charge in [0.05, 0.1) is 6.20 Å². The van der Waals surface area contributed by atoms with E-state index in [0.29, 0.717) is 23.1 Å². The standard InChI is InChI=1S/C21H16ClN3O3/c22-15-6-3-5-14(10-15)17-11-23-18(28-17)12-25-19(26)21(24-20(25)27)9-8-13-4-1-2-7-16(13)21/h1-7,10-11H,8-9,12H2,(H,24,27). The first-order valence-corrected chi connectivity index (χ1v) is 9.38. The highest BCUT2D eigenvalue weighted by molar-refractivity contribution is 6.30. The quantitative estimate of drug-likeness (QED) is 0.685. The molecule has 7 heteroatoms. The minimum absolute atomic E-state index is 0.0187. The third kappa shape index (κ3) is 2.52. The molecule has 3 amide bonds. The Bertz CT molecular complexity index is 1110. The molecule has 1 fully saturated rings. The van der Waals surface area contributed by atoms with Crippen molar-refractivity contribution in [1.29, 1.82) is 0 Å². The van der Waals surface area contributed by atoms with Crippen LogP contribution in [0.4, 0.5) is 4.79 Å². The van der Waals surface area contributed by atoms with Crippen molar-refractivity contribution in [2.24, 2.45) is 0 Å². The molecule has 1 aromatic heterocycles. The van der Waals surface area contributed by atoms with E-state index in [1.807, 2.05) is 36.4 Å². The van der Waals surface area contributed by atoms with Crippen LogP contribution in [0.3, 0.4) is 0 Å². The largest absolute Gasteiger partial charge is 0.439 e. The molecular weight excluding hydrogens is 378 g/mol. The van der Waals surface area contributed by atoms with Gasteiger partial charge in [-0.1, -0.05) is 48.0 Å². The first-order chi connectivity index (χ1) is 13.6. The van der Waals surface area contributed by atoms with Crippen molar-refractivity contribution in [1.82, 2.24) is 15.2 Å². The van der Waals surface area contributed by atoms with Crippen LogP contribution in [0.25, 0.3) is 11.3 Å². The molecule has 2 heterocycles. The molecule has 1 aliphatic heterocycles. The van der Waals surface area contributed by atoms with E-state index >= 15 is 0 Å². The fraction of sp³-hybridized carbons (Fsp3) is 0.190. The molecule has 1 saturated heterocycles. The molecule has 1 aliphatic carbocycles. The molecule has 1 N–H and O–H groups in total. The molecule has 0 radical (unpaired) electrons. The minimum Gasteiger partial charge on any atom is -0.439 e. The molecule has 5 rings (SSSR count). The maximum atomic E-state index is 13.2. The topological polar surface area (TPSA) is 75.4 Å². The van der Waals surface area contributed by atoms with Crippen molar-refractivity contribution in [3.8, 4) is 11.3 Å². The third-order valence-electron chi connectivity index (χ3n) is 5.38. The lowest BCUT2D eigenvalue weighted by molar-refractivity contribution is -0.132. The molecule has 6 nitrogen and oxygen atoms in total. The average Bonchev–Trinajstić information content (AvgIpc) is 3.37. The number of nitrogens with zero attached hydrogens (tertiary/aromatic N) is 2. The van der Waals surface area contributed by atoms with Crippen LogP contribution in [-0.4, -0.2) is 21.8 Å². The number of halogens is 1. The number of aromatic nitrogens is 1. The molecule has 2 aromatic carbocycles. The summed E-state index contributed by atoms with van der Waals surface area (Å²) in [5, 5.41) is 3.49. The van der Waals surface area contributed by atoms with Crippen LogP contribution < -0.4 is 5.32 Å². The Morgan fingerprint density at radius 2 is 2.04 bits per heavy atom. The van der Waals surface area contributed by atoms with Gasteiger partial charge in [-0.25, -0.2) is 9.78 Å². The summed E-state index contributed by atoms with van der Waals surface area (Å²) < 4.78 is 5.76. The number of rotatable bonds is 3. The van der Waals surface area contributed by atoms with Crippen LogP contribution in [0.1, 0.15) is 23.4 Å². The van der Waals surface area contributed by atoms with Crippen LogP contribution in [0.5, 0.6) is 0 Å². The Kier molecular flexibility index (Phi) is 3.77. The van der Waals surface area contributed by atoms with E-state index in [0.717, 1.165) is 23.1 Å². The summed E-state index contributed by atoms with van der Waals surface area (Å²) in [6.45, 7) is -0.0187. The number of amides is 3.